The van der Waals surface area contributed by atoms with Crippen molar-refractivity contribution in [3.05, 3.63) is 28.3 Å². The number of ether oxygens (including phenoxy) is 2. The maximum absolute atomic E-state index is 11.0. The summed E-state index contributed by atoms with van der Waals surface area (Å²) in [5, 5.41) is 20.0. The molecule has 1 aromatic carbocycles. The number of nitro benzene ring substituents is 1. The average molecular weight is 297 g/mol. The van der Waals surface area contributed by atoms with Gasteiger partial charge in [0, 0.05) is 0 Å². The predicted molar refractivity (Wildman–Crippen MR) is 75.8 cm³/mol. The smallest absolute Gasteiger partial charge is 0.314 e. The molecule has 0 aliphatic rings. The fourth-order valence-electron chi connectivity index (χ4n) is 1.69. The molecular formula is C14H19NO6. The fraction of sp³-hybridized carbons (Fsp3) is 0.500. The lowest BCUT2D eigenvalue weighted by Crippen LogP contribution is -2.24. The number of aliphatic carboxylic acids is 1. The van der Waals surface area contributed by atoms with Gasteiger partial charge in [-0.15, -0.1) is 0 Å². The zero-order chi connectivity index (χ0) is 16.0. The Labute approximate surface area is 122 Å². The Balaban J connectivity index is 2.64. The van der Waals surface area contributed by atoms with Gasteiger partial charge >= 0.3 is 11.7 Å². The van der Waals surface area contributed by atoms with Crippen LogP contribution < -0.4 is 9.47 Å². The normalized spacial score (nSPS) is 11.0. The second-order valence-electron chi connectivity index (χ2n) is 5.23. The molecule has 0 saturated heterocycles. The maximum Gasteiger partial charge on any atom is 0.314 e. The van der Waals surface area contributed by atoms with E-state index in [0.717, 1.165) is 0 Å². The average Bonchev–Trinajstić information content (AvgIpc) is 2.43. The molecule has 0 aromatic heterocycles. The molecule has 0 unspecified atom stereocenters. The van der Waals surface area contributed by atoms with E-state index in [1.807, 2.05) is 0 Å². The van der Waals surface area contributed by atoms with Crippen molar-refractivity contribution in [2.45, 2.75) is 26.7 Å². The van der Waals surface area contributed by atoms with Gasteiger partial charge in [-0.25, -0.2) is 0 Å². The first-order valence-electron chi connectivity index (χ1n) is 6.46. The summed E-state index contributed by atoms with van der Waals surface area (Å²) in [6.45, 7) is 3.47. The molecule has 116 valence electrons. The van der Waals surface area contributed by atoms with Crippen molar-refractivity contribution < 1.29 is 24.3 Å². The first-order valence-corrected chi connectivity index (χ1v) is 6.46. The zero-order valence-corrected chi connectivity index (χ0v) is 12.3. The quantitative estimate of drug-likeness (QED) is 0.450. The standard InChI is InChI=1S/C14H19NO6/c1-14(2,13(16)17)7-4-8-21-12-6-5-10(20-3)9-11(12)15(18)19/h5-6,9H,4,7-8H2,1-3H3,(H,16,17). The molecule has 0 radical (unpaired) electrons. The molecule has 0 atom stereocenters. The molecule has 0 bridgehead atoms. The lowest BCUT2D eigenvalue weighted by molar-refractivity contribution is -0.385. The molecule has 1 N–H and O–H groups in total. The van der Waals surface area contributed by atoms with Crippen LogP contribution >= 0.6 is 0 Å². The van der Waals surface area contributed by atoms with Gasteiger partial charge in [-0.2, -0.15) is 0 Å². The van der Waals surface area contributed by atoms with Gasteiger partial charge in [0.15, 0.2) is 5.75 Å². The zero-order valence-electron chi connectivity index (χ0n) is 12.3. The van der Waals surface area contributed by atoms with Gasteiger partial charge in [-0.05, 0) is 38.8 Å². The summed E-state index contributed by atoms with van der Waals surface area (Å²) in [4.78, 5) is 21.4. The molecule has 7 nitrogen and oxygen atoms in total. The number of nitrogens with zero attached hydrogens (tertiary/aromatic N) is 1. The molecule has 0 fully saturated rings. The Kier molecular flexibility index (Phi) is 5.52. The topological polar surface area (TPSA) is 98.9 Å². The highest BCUT2D eigenvalue weighted by Gasteiger charge is 2.26. The van der Waals surface area contributed by atoms with Crippen molar-refractivity contribution in [3.63, 3.8) is 0 Å². The second-order valence-corrected chi connectivity index (χ2v) is 5.23. The summed E-state index contributed by atoms with van der Waals surface area (Å²) in [5.74, 6) is -0.354. The number of hydrogen-bond acceptors (Lipinski definition) is 5. The summed E-state index contributed by atoms with van der Waals surface area (Å²) in [7, 11) is 1.42. The third-order valence-corrected chi connectivity index (χ3v) is 3.15. The van der Waals surface area contributed by atoms with Crippen LogP contribution in [0.15, 0.2) is 18.2 Å². The van der Waals surface area contributed by atoms with Crippen molar-refractivity contribution in [2.75, 3.05) is 13.7 Å². The Bertz CT molecular complexity index is 526. The summed E-state index contributed by atoms with van der Waals surface area (Å²) in [5.41, 5.74) is -1.01. The SMILES string of the molecule is COc1ccc(OCCCC(C)(C)C(=O)O)c([N+](=O)[O-])c1. The molecule has 0 aliphatic heterocycles. The number of carboxylic acids is 1. The van der Waals surface area contributed by atoms with Crippen molar-refractivity contribution in [1.82, 2.24) is 0 Å². The van der Waals surface area contributed by atoms with Crippen LogP contribution in [-0.4, -0.2) is 29.7 Å². The summed E-state index contributed by atoms with van der Waals surface area (Å²) < 4.78 is 10.3. The van der Waals surface area contributed by atoms with Crippen LogP contribution in [-0.2, 0) is 4.79 Å². The van der Waals surface area contributed by atoms with E-state index in [-0.39, 0.29) is 18.0 Å². The third-order valence-electron chi connectivity index (χ3n) is 3.15. The fourth-order valence-corrected chi connectivity index (χ4v) is 1.69. The molecule has 0 spiro atoms. The largest absolute Gasteiger partial charge is 0.496 e. The van der Waals surface area contributed by atoms with Gasteiger partial charge < -0.3 is 14.6 Å². The van der Waals surface area contributed by atoms with E-state index in [4.69, 9.17) is 14.6 Å². The van der Waals surface area contributed by atoms with Crippen molar-refractivity contribution >= 4 is 11.7 Å². The number of rotatable bonds is 8. The first kappa shape index (κ1) is 16.7. The maximum atomic E-state index is 11.0. The van der Waals surface area contributed by atoms with Crippen LogP contribution in [0.2, 0.25) is 0 Å². The molecule has 0 amide bonds. The van der Waals surface area contributed by atoms with E-state index in [9.17, 15) is 14.9 Å². The summed E-state index contributed by atoms with van der Waals surface area (Å²) in [6, 6.07) is 4.33. The van der Waals surface area contributed by atoms with Gasteiger partial charge in [0.25, 0.3) is 0 Å². The van der Waals surface area contributed by atoms with Gasteiger partial charge in [-0.1, -0.05) is 0 Å². The Morgan fingerprint density at radius 3 is 2.62 bits per heavy atom. The molecule has 7 heteroatoms. The molecule has 0 aliphatic carbocycles. The molecule has 0 heterocycles. The van der Waals surface area contributed by atoms with Gasteiger partial charge in [0.2, 0.25) is 0 Å². The van der Waals surface area contributed by atoms with Crippen molar-refractivity contribution in [1.29, 1.82) is 0 Å². The minimum Gasteiger partial charge on any atom is -0.496 e. The van der Waals surface area contributed by atoms with Gasteiger partial charge in [0.1, 0.15) is 5.75 Å². The highest BCUT2D eigenvalue weighted by molar-refractivity contribution is 5.73. The first-order chi connectivity index (χ1) is 9.77. The van der Waals surface area contributed by atoms with Crippen LogP contribution in [0.3, 0.4) is 0 Å². The molecule has 1 rings (SSSR count). The minimum atomic E-state index is -0.877. The highest BCUT2D eigenvalue weighted by Crippen LogP contribution is 2.31. The van der Waals surface area contributed by atoms with E-state index >= 15 is 0 Å². The van der Waals surface area contributed by atoms with E-state index < -0.39 is 16.3 Å². The van der Waals surface area contributed by atoms with E-state index in [1.54, 1.807) is 19.9 Å². The van der Waals surface area contributed by atoms with Crippen LogP contribution in [0.4, 0.5) is 5.69 Å². The molecule has 21 heavy (non-hydrogen) atoms. The van der Waals surface area contributed by atoms with Crippen molar-refractivity contribution in [3.8, 4) is 11.5 Å². The lowest BCUT2D eigenvalue weighted by atomic mass is 9.88. The highest BCUT2D eigenvalue weighted by atomic mass is 16.6. The number of methoxy groups -OCH3 is 1. The number of hydrogen-bond donors (Lipinski definition) is 1. The number of benzene rings is 1. The van der Waals surface area contributed by atoms with Crippen LogP contribution in [0.25, 0.3) is 0 Å². The molecule has 1 aromatic rings. The number of nitro groups is 1. The second kappa shape index (κ2) is 6.92. The minimum absolute atomic E-state index is 0.147. The summed E-state index contributed by atoms with van der Waals surface area (Å²) >= 11 is 0. The van der Waals surface area contributed by atoms with Crippen LogP contribution in [0, 0.1) is 15.5 Å². The Morgan fingerprint density at radius 1 is 1.43 bits per heavy atom. The van der Waals surface area contributed by atoms with E-state index in [1.165, 1.54) is 19.2 Å². The third kappa shape index (κ3) is 4.62. The van der Waals surface area contributed by atoms with E-state index in [2.05, 4.69) is 0 Å². The predicted octanol–water partition coefficient (Wildman–Crippen LogP) is 2.87. The Hall–Kier alpha value is -2.31. The van der Waals surface area contributed by atoms with E-state index in [0.29, 0.717) is 18.6 Å². The Morgan fingerprint density at radius 2 is 2.10 bits per heavy atom. The number of carboxylic acid groups (broad SMARTS) is 1. The van der Waals surface area contributed by atoms with Crippen LogP contribution in [0.1, 0.15) is 26.7 Å². The number of carbonyl (C=O) groups is 1. The monoisotopic (exact) mass is 297 g/mol. The van der Waals surface area contributed by atoms with Gasteiger partial charge in [0.05, 0.1) is 30.1 Å². The van der Waals surface area contributed by atoms with Gasteiger partial charge in [-0.3, -0.25) is 14.9 Å². The molecule has 0 saturated carbocycles. The molecular weight excluding hydrogens is 278 g/mol. The summed E-state index contributed by atoms with van der Waals surface area (Å²) in [6.07, 6.45) is 0.911. The lowest BCUT2D eigenvalue weighted by Gasteiger charge is -2.18. The van der Waals surface area contributed by atoms with Crippen LogP contribution in [0.5, 0.6) is 11.5 Å². The van der Waals surface area contributed by atoms with Crippen molar-refractivity contribution in [2.24, 2.45) is 5.41 Å².